The van der Waals surface area contributed by atoms with E-state index in [4.69, 9.17) is 10.8 Å². The van der Waals surface area contributed by atoms with Crippen LogP contribution in [0.1, 0.15) is 51.9 Å². The maximum Gasteiger partial charge on any atom is 0.326 e. The SMILES string of the molecule is CCCCC(NC(=O)CC1(N)CCC1)C(=O)O. The number of amides is 1. The molecule has 0 radical (unpaired) electrons. The number of hydrogen-bond acceptors (Lipinski definition) is 3. The molecule has 1 unspecified atom stereocenters. The molecule has 4 N–H and O–H groups in total. The lowest BCUT2D eigenvalue weighted by Gasteiger charge is -2.37. The Morgan fingerprint density at radius 2 is 2.12 bits per heavy atom. The molecular weight excluding hydrogens is 220 g/mol. The summed E-state index contributed by atoms with van der Waals surface area (Å²) in [6.07, 6.45) is 5.20. The second-order valence-corrected chi connectivity index (χ2v) is 4.99. The number of hydrogen-bond donors (Lipinski definition) is 3. The van der Waals surface area contributed by atoms with Crippen molar-refractivity contribution < 1.29 is 14.7 Å². The highest BCUT2D eigenvalue weighted by molar-refractivity contribution is 5.84. The van der Waals surface area contributed by atoms with Crippen LogP contribution in [0.3, 0.4) is 0 Å². The highest BCUT2D eigenvalue weighted by Crippen LogP contribution is 2.31. The van der Waals surface area contributed by atoms with E-state index in [0.29, 0.717) is 6.42 Å². The van der Waals surface area contributed by atoms with Crippen LogP contribution in [0.2, 0.25) is 0 Å². The van der Waals surface area contributed by atoms with Crippen molar-refractivity contribution in [3.05, 3.63) is 0 Å². The van der Waals surface area contributed by atoms with Gasteiger partial charge in [-0.2, -0.15) is 0 Å². The third kappa shape index (κ3) is 4.34. The van der Waals surface area contributed by atoms with Gasteiger partial charge < -0.3 is 16.2 Å². The van der Waals surface area contributed by atoms with Crippen molar-refractivity contribution in [2.45, 2.75) is 63.5 Å². The molecule has 0 aromatic carbocycles. The Morgan fingerprint density at radius 1 is 1.47 bits per heavy atom. The van der Waals surface area contributed by atoms with Crippen molar-refractivity contribution in [1.29, 1.82) is 0 Å². The van der Waals surface area contributed by atoms with Gasteiger partial charge >= 0.3 is 5.97 Å². The molecule has 5 heteroatoms. The molecular formula is C12H22N2O3. The summed E-state index contributed by atoms with van der Waals surface area (Å²) in [6, 6.07) is -0.772. The second kappa shape index (κ2) is 6.00. The quantitative estimate of drug-likeness (QED) is 0.621. The summed E-state index contributed by atoms with van der Waals surface area (Å²) < 4.78 is 0. The summed E-state index contributed by atoms with van der Waals surface area (Å²) >= 11 is 0. The van der Waals surface area contributed by atoms with Crippen LogP contribution in [0.15, 0.2) is 0 Å². The Hall–Kier alpha value is -1.10. The van der Waals surface area contributed by atoms with Gasteiger partial charge in [0.1, 0.15) is 6.04 Å². The topological polar surface area (TPSA) is 92.4 Å². The fourth-order valence-electron chi connectivity index (χ4n) is 2.04. The largest absolute Gasteiger partial charge is 0.480 e. The first-order chi connectivity index (χ1) is 7.97. The lowest BCUT2D eigenvalue weighted by Crippen LogP contribution is -2.52. The molecule has 98 valence electrons. The number of unbranched alkanes of at least 4 members (excludes halogenated alkanes) is 1. The van der Waals surface area contributed by atoms with E-state index < -0.39 is 17.6 Å². The van der Waals surface area contributed by atoms with Gasteiger partial charge in [0.2, 0.25) is 5.91 Å². The van der Waals surface area contributed by atoms with Crippen LogP contribution >= 0.6 is 0 Å². The number of carbonyl (C=O) groups excluding carboxylic acids is 1. The van der Waals surface area contributed by atoms with E-state index in [2.05, 4.69) is 5.32 Å². The van der Waals surface area contributed by atoms with E-state index in [0.717, 1.165) is 32.1 Å². The highest BCUT2D eigenvalue weighted by atomic mass is 16.4. The van der Waals surface area contributed by atoms with Gasteiger partial charge in [-0.1, -0.05) is 19.8 Å². The minimum atomic E-state index is -0.966. The third-order valence-electron chi connectivity index (χ3n) is 3.34. The van der Waals surface area contributed by atoms with Gasteiger partial charge in [0, 0.05) is 12.0 Å². The van der Waals surface area contributed by atoms with Gasteiger partial charge in [0.15, 0.2) is 0 Å². The molecule has 1 aliphatic carbocycles. The molecule has 0 bridgehead atoms. The van der Waals surface area contributed by atoms with E-state index in [1.807, 2.05) is 6.92 Å². The van der Waals surface area contributed by atoms with Crippen molar-refractivity contribution in [2.24, 2.45) is 5.73 Å². The average Bonchev–Trinajstić information content (AvgIpc) is 2.21. The number of carboxylic acid groups (broad SMARTS) is 1. The predicted molar refractivity (Wildman–Crippen MR) is 64.5 cm³/mol. The molecule has 1 atom stereocenters. The predicted octanol–water partition coefficient (Wildman–Crippen LogP) is 1.02. The standard InChI is InChI=1S/C12H22N2O3/c1-2-3-5-9(11(16)17)14-10(15)8-12(13)6-4-7-12/h9H,2-8,13H2,1H3,(H,14,15)(H,16,17). The molecule has 0 aromatic rings. The summed E-state index contributed by atoms with van der Waals surface area (Å²) in [6.45, 7) is 1.99. The highest BCUT2D eigenvalue weighted by Gasteiger charge is 2.35. The summed E-state index contributed by atoms with van der Waals surface area (Å²) in [5.74, 6) is -1.21. The smallest absolute Gasteiger partial charge is 0.326 e. The first-order valence-corrected chi connectivity index (χ1v) is 6.28. The first kappa shape index (κ1) is 14.0. The first-order valence-electron chi connectivity index (χ1n) is 6.28. The fourth-order valence-corrected chi connectivity index (χ4v) is 2.04. The van der Waals surface area contributed by atoms with Crippen molar-refractivity contribution in [3.8, 4) is 0 Å². The molecule has 1 fully saturated rings. The number of rotatable bonds is 7. The minimum absolute atomic E-state index is 0.239. The molecule has 1 rings (SSSR count). The second-order valence-electron chi connectivity index (χ2n) is 4.99. The van der Waals surface area contributed by atoms with E-state index >= 15 is 0 Å². The number of nitrogens with one attached hydrogen (secondary N) is 1. The zero-order valence-electron chi connectivity index (χ0n) is 10.4. The van der Waals surface area contributed by atoms with E-state index in [1.54, 1.807) is 0 Å². The fraction of sp³-hybridized carbons (Fsp3) is 0.833. The van der Waals surface area contributed by atoms with Gasteiger partial charge in [-0.25, -0.2) is 4.79 Å². The molecule has 1 amide bonds. The van der Waals surface area contributed by atoms with Crippen LogP contribution in [-0.2, 0) is 9.59 Å². The Balaban J connectivity index is 2.37. The summed E-state index contributed by atoms with van der Waals surface area (Å²) in [4.78, 5) is 22.6. The molecule has 0 aliphatic heterocycles. The van der Waals surface area contributed by atoms with Crippen LogP contribution in [0, 0.1) is 0 Å². The minimum Gasteiger partial charge on any atom is -0.480 e. The van der Waals surface area contributed by atoms with E-state index in [9.17, 15) is 9.59 Å². The molecule has 0 aromatic heterocycles. The maximum absolute atomic E-state index is 11.7. The van der Waals surface area contributed by atoms with Crippen LogP contribution in [0.4, 0.5) is 0 Å². The lowest BCUT2D eigenvalue weighted by atomic mass is 9.75. The van der Waals surface area contributed by atoms with Crippen LogP contribution < -0.4 is 11.1 Å². The monoisotopic (exact) mass is 242 g/mol. The summed E-state index contributed by atoms with van der Waals surface area (Å²) in [5.41, 5.74) is 5.56. The van der Waals surface area contributed by atoms with Gasteiger partial charge in [0.05, 0.1) is 0 Å². The summed E-state index contributed by atoms with van der Waals surface area (Å²) in [7, 11) is 0. The number of carboxylic acids is 1. The Morgan fingerprint density at radius 3 is 2.53 bits per heavy atom. The van der Waals surface area contributed by atoms with E-state index in [1.165, 1.54) is 0 Å². The van der Waals surface area contributed by atoms with Gasteiger partial charge in [-0.15, -0.1) is 0 Å². The number of nitrogens with two attached hydrogens (primary N) is 1. The van der Waals surface area contributed by atoms with Crippen molar-refractivity contribution >= 4 is 11.9 Å². The number of aliphatic carboxylic acids is 1. The van der Waals surface area contributed by atoms with Crippen LogP contribution in [0.25, 0.3) is 0 Å². The Kier molecular flexibility index (Phi) is 4.93. The van der Waals surface area contributed by atoms with Gasteiger partial charge in [-0.05, 0) is 25.7 Å². The molecule has 0 heterocycles. The number of carbonyl (C=O) groups is 2. The van der Waals surface area contributed by atoms with E-state index in [-0.39, 0.29) is 12.3 Å². The average molecular weight is 242 g/mol. The Bertz CT molecular complexity index is 287. The van der Waals surface area contributed by atoms with Crippen LogP contribution in [0.5, 0.6) is 0 Å². The molecule has 1 aliphatic rings. The van der Waals surface area contributed by atoms with Gasteiger partial charge in [-0.3, -0.25) is 4.79 Å². The molecule has 0 saturated heterocycles. The zero-order chi connectivity index (χ0) is 12.9. The Labute approximate surface area is 102 Å². The molecule has 1 saturated carbocycles. The van der Waals surface area contributed by atoms with Gasteiger partial charge in [0.25, 0.3) is 0 Å². The zero-order valence-corrected chi connectivity index (χ0v) is 10.4. The van der Waals surface area contributed by atoms with Crippen molar-refractivity contribution in [2.75, 3.05) is 0 Å². The molecule has 5 nitrogen and oxygen atoms in total. The lowest BCUT2D eigenvalue weighted by molar-refractivity contribution is -0.142. The van der Waals surface area contributed by atoms with Crippen LogP contribution in [-0.4, -0.2) is 28.6 Å². The normalized spacial score (nSPS) is 19.2. The maximum atomic E-state index is 11.7. The van der Waals surface area contributed by atoms with Crippen molar-refractivity contribution in [3.63, 3.8) is 0 Å². The van der Waals surface area contributed by atoms with Crippen molar-refractivity contribution in [1.82, 2.24) is 5.32 Å². The summed E-state index contributed by atoms with van der Waals surface area (Å²) in [5, 5.41) is 11.5. The molecule has 0 spiro atoms. The third-order valence-corrected chi connectivity index (χ3v) is 3.34. The molecule has 17 heavy (non-hydrogen) atoms.